The van der Waals surface area contributed by atoms with Crippen molar-refractivity contribution in [3.8, 4) is 0 Å². The highest BCUT2D eigenvalue weighted by Gasteiger charge is 2.12. The van der Waals surface area contributed by atoms with E-state index in [1.807, 2.05) is 0 Å². The Bertz CT molecular complexity index is 493. The fourth-order valence-electron chi connectivity index (χ4n) is 1.06. The highest BCUT2D eigenvalue weighted by atomic mass is 32.2. The standard InChI is InChI=1S/C9H9FO4S/c1-15(13,14)7-3-2-6(4-9(11)12)8(10)5-7/h2-3,5H,4H2,1H3,(H,11,12). The van der Waals surface area contributed by atoms with Gasteiger partial charge in [-0.1, -0.05) is 6.07 Å². The molecule has 0 spiro atoms. The highest BCUT2D eigenvalue weighted by molar-refractivity contribution is 7.90. The van der Waals surface area contributed by atoms with Crippen molar-refractivity contribution < 1.29 is 22.7 Å². The van der Waals surface area contributed by atoms with Crippen LogP contribution < -0.4 is 0 Å². The molecule has 6 heteroatoms. The average molecular weight is 232 g/mol. The number of aliphatic carboxylic acids is 1. The molecule has 0 heterocycles. The molecule has 0 aliphatic rings. The Morgan fingerprint density at radius 1 is 1.47 bits per heavy atom. The normalized spacial score (nSPS) is 11.3. The lowest BCUT2D eigenvalue weighted by atomic mass is 10.1. The van der Waals surface area contributed by atoms with Crippen LogP contribution in [0.25, 0.3) is 0 Å². The molecule has 0 fully saturated rings. The minimum atomic E-state index is -3.46. The molecule has 0 radical (unpaired) electrons. The average Bonchev–Trinajstić information content (AvgIpc) is 2.05. The van der Waals surface area contributed by atoms with Crippen LogP contribution >= 0.6 is 0 Å². The maximum atomic E-state index is 13.2. The molecule has 1 rings (SSSR count). The second-order valence-corrected chi connectivity index (χ2v) is 5.11. The predicted molar refractivity (Wildman–Crippen MR) is 50.8 cm³/mol. The Kier molecular flexibility index (Phi) is 3.09. The van der Waals surface area contributed by atoms with E-state index in [0.29, 0.717) is 0 Å². The zero-order chi connectivity index (χ0) is 11.6. The summed E-state index contributed by atoms with van der Waals surface area (Å²) >= 11 is 0. The first kappa shape index (κ1) is 11.6. The smallest absolute Gasteiger partial charge is 0.307 e. The Hall–Kier alpha value is -1.43. The Labute approximate surface area is 86.3 Å². The highest BCUT2D eigenvalue weighted by Crippen LogP contribution is 2.15. The molecule has 4 nitrogen and oxygen atoms in total. The molecule has 1 aromatic carbocycles. The van der Waals surface area contributed by atoms with Crippen molar-refractivity contribution in [1.82, 2.24) is 0 Å². The number of carbonyl (C=O) groups is 1. The summed E-state index contributed by atoms with van der Waals surface area (Å²) in [5.74, 6) is -1.98. The van der Waals surface area contributed by atoms with E-state index in [0.717, 1.165) is 12.3 Å². The number of halogens is 1. The van der Waals surface area contributed by atoms with E-state index in [2.05, 4.69) is 0 Å². The Morgan fingerprint density at radius 2 is 2.07 bits per heavy atom. The van der Waals surface area contributed by atoms with Crippen LogP contribution in [0.2, 0.25) is 0 Å². The van der Waals surface area contributed by atoms with Gasteiger partial charge in [0.15, 0.2) is 9.84 Å². The molecule has 0 aliphatic carbocycles. The van der Waals surface area contributed by atoms with Gasteiger partial charge in [0.05, 0.1) is 11.3 Å². The lowest BCUT2D eigenvalue weighted by Crippen LogP contribution is -2.04. The van der Waals surface area contributed by atoms with Crippen molar-refractivity contribution in [2.75, 3.05) is 6.26 Å². The molecule has 0 aromatic heterocycles. The van der Waals surface area contributed by atoms with Crippen LogP contribution in [0.3, 0.4) is 0 Å². The number of hydrogen-bond acceptors (Lipinski definition) is 3. The van der Waals surface area contributed by atoms with Gasteiger partial charge >= 0.3 is 5.97 Å². The summed E-state index contributed by atoms with van der Waals surface area (Å²) in [6.45, 7) is 0. The number of carboxylic acids is 1. The molecular weight excluding hydrogens is 223 g/mol. The molecule has 15 heavy (non-hydrogen) atoms. The minimum Gasteiger partial charge on any atom is -0.481 e. The number of carboxylic acid groups (broad SMARTS) is 1. The monoisotopic (exact) mass is 232 g/mol. The first-order chi connectivity index (χ1) is 6.80. The third-order valence-electron chi connectivity index (χ3n) is 1.79. The number of benzene rings is 1. The van der Waals surface area contributed by atoms with E-state index in [9.17, 15) is 17.6 Å². The third kappa shape index (κ3) is 3.02. The lowest BCUT2D eigenvalue weighted by Gasteiger charge is -2.02. The number of sulfone groups is 1. The molecule has 0 saturated carbocycles. The van der Waals surface area contributed by atoms with Crippen LogP contribution in [0, 0.1) is 5.82 Å². The minimum absolute atomic E-state index is 0.0325. The molecule has 1 N–H and O–H groups in total. The fourth-order valence-corrected chi connectivity index (χ4v) is 1.70. The first-order valence-corrected chi connectivity index (χ1v) is 5.90. The second-order valence-electron chi connectivity index (χ2n) is 3.10. The zero-order valence-corrected chi connectivity index (χ0v) is 8.71. The van der Waals surface area contributed by atoms with Crippen molar-refractivity contribution in [3.63, 3.8) is 0 Å². The van der Waals surface area contributed by atoms with Gasteiger partial charge in [-0.05, 0) is 17.7 Å². The van der Waals surface area contributed by atoms with Gasteiger partial charge < -0.3 is 5.11 Å². The Morgan fingerprint density at radius 3 is 2.47 bits per heavy atom. The van der Waals surface area contributed by atoms with Gasteiger partial charge in [0.1, 0.15) is 5.82 Å². The van der Waals surface area contributed by atoms with Crippen LogP contribution in [0.15, 0.2) is 23.1 Å². The summed E-state index contributed by atoms with van der Waals surface area (Å²) in [4.78, 5) is 10.2. The van der Waals surface area contributed by atoms with Gasteiger partial charge in [-0.2, -0.15) is 0 Å². The van der Waals surface area contributed by atoms with Crippen molar-refractivity contribution in [2.24, 2.45) is 0 Å². The van der Waals surface area contributed by atoms with Crippen molar-refractivity contribution >= 4 is 15.8 Å². The van der Waals surface area contributed by atoms with Crippen LogP contribution in [0.1, 0.15) is 5.56 Å². The summed E-state index contributed by atoms with van der Waals surface area (Å²) in [6.07, 6.45) is 0.495. The van der Waals surface area contributed by atoms with Crippen LogP contribution in [0.5, 0.6) is 0 Å². The van der Waals surface area contributed by atoms with Crippen molar-refractivity contribution in [3.05, 3.63) is 29.6 Å². The summed E-state index contributed by atoms with van der Waals surface area (Å²) in [5, 5.41) is 8.44. The summed E-state index contributed by atoms with van der Waals surface area (Å²) in [7, 11) is -3.46. The molecular formula is C9H9FO4S. The molecule has 0 amide bonds. The van der Waals surface area contributed by atoms with Crippen molar-refractivity contribution in [2.45, 2.75) is 11.3 Å². The first-order valence-electron chi connectivity index (χ1n) is 4.01. The van der Waals surface area contributed by atoms with Gasteiger partial charge in [0.25, 0.3) is 0 Å². The van der Waals surface area contributed by atoms with Crippen molar-refractivity contribution in [1.29, 1.82) is 0 Å². The zero-order valence-electron chi connectivity index (χ0n) is 7.90. The molecule has 0 bridgehead atoms. The topological polar surface area (TPSA) is 71.4 Å². The summed E-state index contributed by atoms with van der Waals surface area (Å²) in [5.41, 5.74) is -0.0325. The largest absolute Gasteiger partial charge is 0.481 e. The fraction of sp³-hybridized carbons (Fsp3) is 0.222. The molecule has 0 unspecified atom stereocenters. The number of hydrogen-bond donors (Lipinski definition) is 1. The molecule has 0 atom stereocenters. The molecule has 1 aromatic rings. The van der Waals surface area contributed by atoms with E-state index < -0.39 is 28.0 Å². The second kappa shape index (κ2) is 3.98. The van der Waals surface area contributed by atoms with Crippen LogP contribution in [-0.4, -0.2) is 25.7 Å². The molecule has 0 saturated heterocycles. The van der Waals surface area contributed by atoms with E-state index in [-0.39, 0.29) is 10.5 Å². The van der Waals surface area contributed by atoms with Gasteiger partial charge in [0.2, 0.25) is 0 Å². The third-order valence-corrected chi connectivity index (χ3v) is 2.90. The van der Waals surface area contributed by atoms with Crippen LogP contribution in [0.4, 0.5) is 4.39 Å². The molecule has 0 aliphatic heterocycles. The van der Waals surface area contributed by atoms with E-state index >= 15 is 0 Å². The quantitative estimate of drug-likeness (QED) is 0.838. The van der Waals surface area contributed by atoms with E-state index in [1.54, 1.807) is 0 Å². The maximum absolute atomic E-state index is 13.2. The van der Waals surface area contributed by atoms with Gasteiger partial charge in [-0.3, -0.25) is 4.79 Å². The number of rotatable bonds is 3. The summed E-state index contributed by atoms with van der Waals surface area (Å²) < 4.78 is 35.3. The van der Waals surface area contributed by atoms with Gasteiger partial charge in [-0.25, -0.2) is 12.8 Å². The van der Waals surface area contributed by atoms with Crippen LogP contribution in [-0.2, 0) is 21.1 Å². The lowest BCUT2D eigenvalue weighted by molar-refractivity contribution is -0.136. The molecule has 82 valence electrons. The van der Waals surface area contributed by atoms with Gasteiger partial charge in [0, 0.05) is 6.26 Å². The van der Waals surface area contributed by atoms with E-state index in [1.165, 1.54) is 12.1 Å². The van der Waals surface area contributed by atoms with E-state index in [4.69, 9.17) is 5.11 Å². The maximum Gasteiger partial charge on any atom is 0.307 e. The Balaban J connectivity index is 3.15. The summed E-state index contributed by atoms with van der Waals surface area (Å²) in [6, 6.07) is 3.18. The SMILES string of the molecule is CS(=O)(=O)c1ccc(CC(=O)O)c(F)c1. The van der Waals surface area contributed by atoms with Gasteiger partial charge in [-0.15, -0.1) is 0 Å². The predicted octanol–water partition coefficient (Wildman–Crippen LogP) is 0.856.